The Hall–Kier alpha value is -4.61. The number of carboxylic acid groups (broad SMARTS) is 1. The maximum Gasteiger partial charge on any atom is 0.416 e. The fraction of sp³-hybridized carbons (Fsp3) is 0.579. The molecular formula is C38H49F4N5O8S. The van der Waals surface area contributed by atoms with Crippen LogP contribution in [-0.2, 0) is 43.7 Å². The molecule has 4 N–H and O–H groups in total. The van der Waals surface area contributed by atoms with Gasteiger partial charge in [0, 0.05) is 25.3 Å². The van der Waals surface area contributed by atoms with Crippen molar-refractivity contribution in [3.05, 3.63) is 58.9 Å². The first kappa shape index (κ1) is 42.5. The second-order valence-corrected chi connectivity index (χ2v) is 18.5. The van der Waals surface area contributed by atoms with Gasteiger partial charge in [-0.25, -0.2) is 17.6 Å². The van der Waals surface area contributed by atoms with E-state index in [2.05, 4.69) is 15.4 Å². The van der Waals surface area contributed by atoms with Gasteiger partial charge in [-0.3, -0.25) is 24.0 Å². The van der Waals surface area contributed by atoms with E-state index in [1.54, 1.807) is 34.8 Å². The zero-order chi connectivity index (χ0) is 41.6. The van der Waals surface area contributed by atoms with Crippen LogP contribution in [0.2, 0.25) is 0 Å². The number of ether oxygens (including phenoxy) is 1. The number of likely N-dealkylation sites (tertiary alicyclic amines) is 1. The minimum absolute atomic E-state index is 0.186. The highest BCUT2D eigenvalue weighted by atomic mass is 32.2. The van der Waals surface area contributed by atoms with Gasteiger partial charge in [0.2, 0.25) is 21.8 Å². The summed E-state index contributed by atoms with van der Waals surface area (Å²) in [6.07, 6.45) is -3.30. The summed E-state index contributed by atoms with van der Waals surface area (Å²) in [7, 11) is -2.33. The Morgan fingerprint density at radius 1 is 1.04 bits per heavy atom. The van der Waals surface area contributed by atoms with Crippen LogP contribution in [0.3, 0.4) is 0 Å². The number of sulfonamides is 1. The van der Waals surface area contributed by atoms with Crippen LogP contribution in [0.4, 0.5) is 28.0 Å². The highest BCUT2D eigenvalue weighted by Crippen LogP contribution is 2.48. The van der Waals surface area contributed by atoms with Crippen molar-refractivity contribution in [3.63, 3.8) is 0 Å². The van der Waals surface area contributed by atoms with Crippen LogP contribution >= 0.6 is 0 Å². The summed E-state index contributed by atoms with van der Waals surface area (Å²) in [4.78, 5) is 54.0. The van der Waals surface area contributed by atoms with Crippen molar-refractivity contribution in [2.75, 3.05) is 19.0 Å². The van der Waals surface area contributed by atoms with Gasteiger partial charge in [-0.05, 0) is 91.8 Å². The van der Waals surface area contributed by atoms with Crippen molar-refractivity contribution in [1.82, 2.24) is 19.8 Å². The van der Waals surface area contributed by atoms with Crippen LogP contribution in [0, 0.1) is 17.2 Å². The van der Waals surface area contributed by atoms with Gasteiger partial charge in [0.15, 0.2) is 0 Å². The molecule has 2 saturated carbocycles. The lowest BCUT2D eigenvalue weighted by Crippen LogP contribution is -2.59. The maximum atomic E-state index is 14.1. The standard InChI is InChI=1S/C28H38F4N4O5S.C10H11NO3/c1-6-16-15-27(16,24(39)35-42(40,41)26(5)9-10-26)34-22(37)20-8-7-11-36(20)23(38)21(25(2,3)4)33-19-13-17(28(30,31)32)12-18(29)14-19;1-14-9-3-2-7-5-11(10(12)13)6-8(7)4-9/h12-14,16,20-21,33H,6-11,15H2,1-5H3,(H,34,37)(H,35,39);2-4H,5-6H2,1H3,(H,12,13). The Balaban J connectivity index is 0.000000357. The van der Waals surface area contributed by atoms with Crippen LogP contribution in [0.5, 0.6) is 5.75 Å². The van der Waals surface area contributed by atoms with Crippen molar-refractivity contribution >= 4 is 39.5 Å². The van der Waals surface area contributed by atoms with E-state index < -0.39 is 79.2 Å². The molecular weight excluding hydrogens is 763 g/mol. The summed E-state index contributed by atoms with van der Waals surface area (Å²) in [6, 6.07) is 5.50. The van der Waals surface area contributed by atoms with Gasteiger partial charge in [-0.2, -0.15) is 13.2 Å². The van der Waals surface area contributed by atoms with Gasteiger partial charge in [-0.15, -0.1) is 0 Å². The number of hydrogen-bond acceptors (Lipinski definition) is 8. The maximum absolute atomic E-state index is 14.1. The summed E-state index contributed by atoms with van der Waals surface area (Å²) in [5.74, 6) is -2.61. The smallest absolute Gasteiger partial charge is 0.416 e. The molecule has 2 aliphatic heterocycles. The van der Waals surface area contributed by atoms with Crippen LogP contribution in [0.15, 0.2) is 36.4 Å². The molecule has 6 rings (SSSR count). The second kappa shape index (κ2) is 15.4. The second-order valence-electron chi connectivity index (χ2n) is 16.3. The molecule has 2 aromatic carbocycles. The molecule has 1 saturated heterocycles. The van der Waals surface area contributed by atoms with E-state index in [0.717, 1.165) is 29.0 Å². The molecule has 2 aliphatic carbocycles. The number of amides is 4. The highest BCUT2D eigenvalue weighted by molar-refractivity contribution is 7.91. The predicted molar refractivity (Wildman–Crippen MR) is 197 cm³/mol. The Kier molecular flexibility index (Phi) is 11.7. The number of fused-ring (bicyclic) bond motifs is 1. The van der Waals surface area contributed by atoms with Crippen LogP contribution < -0.4 is 20.1 Å². The number of halogens is 4. The van der Waals surface area contributed by atoms with Gasteiger partial charge in [0.1, 0.15) is 29.2 Å². The lowest BCUT2D eigenvalue weighted by Gasteiger charge is -2.36. The predicted octanol–water partition coefficient (Wildman–Crippen LogP) is 5.63. The van der Waals surface area contributed by atoms with E-state index in [0.29, 0.717) is 44.8 Å². The van der Waals surface area contributed by atoms with Crippen molar-refractivity contribution in [1.29, 1.82) is 0 Å². The van der Waals surface area contributed by atoms with E-state index in [1.807, 2.05) is 25.1 Å². The fourth-order valence-corrected chi connectivity index (χ4v) is 8.46. The number of methoxy groups -OCH3 is 1. The van der Waals surface area contributed by atoms with Gasteiger partial charge in [0.25, 0.3) is 5.91 Å². The van der Waals surface area contributed by atoms with Crippen molar-refractivity contribution in [2.45, 2.75) is 115 Å². The molecule has 0 aromatic heterocycles. The zero-order valence-corrected chi connectivity index (χ0v) is 33.0. The molecule has 18 heteroatoms. The molecule has 308 valence electrons. The van der Waals surface area contributed by atoms with Crippen molar-refractivity contribution in [2.24, 2.45) is 11.3 Å². The van der Waals surface area contributed by atoms with E-state index in [1.165, 1.54) is 9.80 Å². The molecule has 3 fully saturated rings. The number of hydrogen-bond donors (Lipinski definition) is 4. The van der Waals surface area contributed by atoms with Crippen molar-refractivity contribution in [3.8, 4) is 5.75 Å². The number of alkyl halides is 3. The van der Waals surface area contributed by atoms with Crippen LogP contribution in [0.1, 0.15) is 89.8 Å². The molecule has 0 radical (unpaired) electrons. The number of benzene rings is 2. The molecule has 0 spiro atoms. The molecule has 4 aliphatic rings. The highest BCUT2D eigenvalue weighted by Gasteiger charge is 2.63. The van der Waals surface area contributed by atoms with Crippen LogP contribution in [0.25, 0.3) is 0 Å². The van der Waals surface area contributed by atoms with Crippen LogP contribution in [-0.4, -0.2) is 83.2 Å². The Labute approximate surface area is 323 Å². The minimum atomic E-state index is -4.80. The average Bonchev–Trinajstić information content (AvgIpc) is 3.89. The zero-order valence-electron chi connectivity index (χ0n) is 32.2. The molecule has 4 amide bonds. The number of carbonyl (C=O) groups excluding carboxylic acids is 3. The van der Waals surface area contributed by atoms with Gasteiger partial charge in [0.05, 0.1) is 17.4 Å². The average molecular weight is 812 g/mol. The van der Waals surface area contributed by atoms with Crippen molar-refractivity contribution < 1.29 is 55.0 Å². The number of carbonyl (C=O) groups is 4. The van der Waals surface area contributed by atoms with Gasteiger partial charge in [-0.1, -0.05) is 40.2 Å². The Bertz CT molecular complexity index is 1980. The summed E-state index contributed by atoms with van der Waals surface area (Å²) in [5, 5.41) is 14.3. The fourth-order valence-electron chi connectivity index (χ4n) is 7.15. The molecule has 4 unspecified atom stereocenters. The molecule has 2 heterocycles. The minimum Gasteiger partial charge on any atom is -0.497 e. The summed E-state index contributed by atoms with van der Waals surface area (Å²) in [5.41, 5.74) is -1.62. The first-order valence-corrected chi connectivity index (χ1v) is 19.9. The number of anilines is 1. The Morgan fingerprint density at radius 3 is 2.25 bits per heavy atom. The Morgan fingerprint density at radius 2 is 1.70 bits per heavy atom. The lowest BCUT2D eigenvalue weighted by atomic mass is 9.85. The largest absolute Gasteiger partial charge is 0.497 e. The third-order valence-electron chi connectivity index (χ3n) is 11.1. The third kappa shape index (κ3) is 8.99. The number of rotatable bonds is 10. The van der Waals surface area contributed by atoms with E-state index in [9.17, 15) is 45.2 Å². The van der Waals surface area contributed by atoms with E-state index >= 15 is 0 Å². The SMILES string of the molecule is CCC1CC1(NC(=O)C1CCCN1C(=O)C(Nc1cc(F)cc(C(F)(F)F)c1)C(C)(C)C)C(=O)NS(=O)(=O)C1(C)CC1.COc1ccc2c(c1)CN(C(=O)O)C2. The monoisotopic (exact) mass is 811 g/mol. The first-order valence-electron chi connectivity index (χ1n) is 18.4. The lowest BCUT2D eigenvalue weighted by molar-refractivity contribution is -0.141. The normalized spacial score (nSPS) is 22.9. The quantitative estimate of drug-likeness (QED) is 0.222. The summed E-state index contributed by atoms with van der Waals surface area (Å²) in [6.45, 7) is 9.56. The molecule has 56 heavy (non-hydrogen) atoms. The number of nitrogens with zero attached hydrogens (tertiary/aromatic N) is 2. The van der Waals surface area contributed by atoms with E-state index in [4.69, 9.17) is 9.84 Å². The van der Waals surface area contributed by atoms with Gasteiger partial charge < -0.3 is 25.4 Å². The molecule has 4 atom stereocenters. The first-order chi connectivity index (χ1) is 25.9. The third-order valence-corrected chi connectivity index (χ3v) is 13.2. The summed E-state index contributed by atoms with van der Waals surface area (Å²) >= 11 is 0. The summed E-state index contributed by atoms with van der Waals surface area (Å²) < 4.78 is 85.6. The van der Waals surface area contributed by atoms with Gasteiger partial charge >= 0.3 is 12.3 Å². The number of nitrogens with one attached hydrogen (secondary N) is 3. The molecule has 13 nitrogen and oxygen atoms in total. The molecule has 2 aromatic rings. The topological polar surface area (TPSA) is 174 Å². The molecule has 0 bridgehead atoms. The van der Waals surface area contributed by atoms with E-state index in [-0.39, 0.29) is 31.0 Å².